The molecule has 1 saturated heterocycles. The molecule has 24 heavy (non-hydrogen) atoms. The molecule has 1 aromatic carbocycles. The maximum absolute atomic E-state index is 12.2. The van der Waals surface area contributed by atoms with Crippen molar-refractivity contribution < 1.29 is 9.59 Å². The molecule has 1 aromatic rings. The summed E-state index contributed by atoms with van der Waals surface area (Å²) in [5.74, 6) is 0.890. The number of hydrogen-bond acceptors (Lipinski definition) is 3. The summed E-state index contributed by atoms with van der Waals surface area (Å²) in [6.07, 6.45) is 0. The fourth-order valence-corrected chi connectivity index (χ4v) is 3.39. The largest absolute Gasteiger partial charge is 0.352 e. The van der Waals surface area contributed by atoms with Crippen LogP contribution in [0.1, 0.15) is 31.9 Å². The Morgan fingerprint density at radius 3 is 2.58 bits per heavy atom. The van der Waals surface area contributed by atoms with Crippen LogP contribution in [-0.4, -0.2) is 42.4 Å². The lowest BCUT2D eigenvalue weighted by molar-refractivity contribution is -0.122. The van der Waals surface area contributed by atoms with Gasteiger partial charge in [0.15, 0.2) is 0 Å². The first kappa shape index (κ1) is 18.5. The highest BCUT2D eigenvalue weighted by atomic mass is 16.2. The van der Waals surface area contributed by atoms with E-state index in [1.807, 2.05) is 31.2 Å². The second-order valence-corrected chi connectivity index (χ2v) is 7.11. The van der Waals surface area contributed by atoms with Crippen LogP contribution in [0.4, 0.5) is 0 Å². The smallest absolute Gasteiger partial charge is 0.234 e. The standard InChI is InChI=1S/C19H29N3O2/c1-13(2)17-10-22(11-18(17)21-15(4)23)12-19(24)20-9-16-8-6-5-7-14(16)3/h5-8,13,17-18H,9-12H2,1-4H3,(H,20,24)(H,21,23)/t17-,18+/m1/s1. The number of aryl methyl sites for hydroxylation is 1. The second kappa shape index (κ2) is 8.29. The van der Waals surface area contributed by atoms with Crippen LogP contribution in [0.3, 0.4) is 0 Å². The molecule has 0 unspecified atom stereocenters. The molecule has 0 bridgehead atoms. The second-order valence-electron chi connectivity index (χ2n) is 7.11. The van der Waals surface area contributed by atoms with Crippen molar-refractivity contribution in [3.8, 4) is 0 Å². The Bertz CT molecular complexity index is 586. The van der Waals surface area contributed by atoms with Crippen LogP contribution in [0.5, 0.6) is 0 Å². The molecule has 5 nitrogen and oxygen atoms in total. The van der Waals surface area contributed by atoms with E-state index in [9.17, 15) is 9.59 Å². The van der Waals surface area contributed by atoms with Gasteiger partial charge >= 0.3 is 0 Å². The maximum Gasteiger partial charge on any atom is 0.234 e. The number of carbonyl (C=O) groups is 2. The van der Waals surface area contributed by atoms with E-state index in [4.69, 9.17) is 0 Å². The summed E-state index contributed by atoms with van der Waals surface area (Å²) in [5.41, 5.74) is 2.33. The average Bonchev–Trinajstić information content (AvgIpc) is 2.88. The number of likely N-dealkylation sites (tertiary alicyclic amines) is 1. The van der Waals surface area contributed by atoms with E-state index in [1.165, 1.54) is 5.56 Å². The summed E-state index contributed by atoms with van der Waals surface area (Å²) in [5, 5.41) is 6.03. The summed E-state index contributed by atoms with van der Waals surface area (Å²) < 4.78 is 0. The minimum atomic E-state index is -0.00324. The van der Waals surface area contributed by atoms with Gasteiger partial charge in [-0.2, -0.15) is 0 Å². The van der Waals surface area contributed by atoms with E-state index >= 15 is 0 Å². The van der Waals surface area contributed by atoms with Gasteiger partial charge in [-0.05, 0) is 29.9 Å². The van der Waals surface area contributed by atoms with Gasteiger partial charge in [-0.15, -0.1) is 0 Å². The molecular formula is C19H29N3O2. The molecule has 2 atom stereocenters. The van der Waals surface area contributed by atoms with Gasteiger partial charge in [0.25, 0.3) is 0 Å². The Hall–Kier alpha value is -1.88. The number of nitrogens with zero attached hydrogens (tertiary/aromatic N) is 1. The van der Waals surface area contributed by atoms with Crippen LogP contribution in [-0.2, 0) is 16.1 Å². The van der Waals surface area contributed by atoms with Gasteiger partial charge in [0, 0.05) is 32.6 Å². The third kappa shape index (κ3) is 5.06. The number of amides is 2. The van der Waals surface area contributed by atoms with Crippen molar-refractivity contribution in [2.24, 2.45) is 11.8 Å². The lowest BCUT2D eigenvalue weighted by atomic mass is 9.91. The summed E-state index contributed by atoms with van der Waals surface area (Å²) in [4.78, 5) is 25.8. The summed E-state index contributed by atoms with van der Waals surface area (Å²) >= 11 is 0. The minimum Gasteiger partial charge on any atom is -0.352 e. The first-order valence-electron chi connectivity index (χ1n) is 8.67. The maximum atomic E-state index is 12.2. The summed E-state index contributed by atoms with van der Waals surface area (Å²) in [7, 11) is 0. The Morgan fingerprint density at radius 2 is 1.96 bits per heavy atom. The van der Waals surface area contributed by atoms with Crippen molar-refractivity contribution in [3.05, 3.63) is 35.4 Å². The van der Waals surface area contributed by atoms with E-state index in [1.54, 1.807) is 6.92 Å². The number of nitrogens with one attached hydrogen (secondary N) is 2. The van der Waals surface area contributed by atoms with Gasteiger partial charge in [0.2, 0.25) is 11.8 Å². The third-order valence-electron chi connectivity index (χ3n) is 4.79. The average molecular weight is 331 g/mol. The van der Waals surface area contributed by atoms with Crippen LogP contribution >= 0.6 is 0 Å². The van der Waals surface area contributed by atoms with Crippen LogP contribution in [0, 0.1) is 18.8 Å². The molecule has 2 N–H and O–H groups in total. The van der Waals surface area contributed by atoms with Gasteiger partial charge in [-0.1, -0.05) is 38.1 Å². The van der Waals surface area contributed by atoms with E-state index in [0.29, 0.717) is 24.9 Å². The van der Waals surface area contributed by atoms with Crippen molar-refractivity contribution in [1.82, 2.24) is 15.5 Å². The van der Waals surface area contributed by atoms with E-state index in [2.05, 4.69) is 29.4 Å². The molecule has 1 aliphatic heterocycles. The summed E-state index contributed by atoms with van der Waals surface area (Å²) in [6, 6.07) is 8.20. The molecule has 0 saturated carbocycles. The highest BCUT2D eigenvalue weighted by Gasteiger charge is 2.35. The molecule has 132 valence electrons. The van der Waals surface area contributed by atoms with Gasteiger partial charge < -0.3 is 10.6 Å². The quantitative estimate of drug-likeness (QED) is 0.834. The zero-order chi connectivity index (χ0) is 17.7. The Labute approximate surface area is 144 Å². The highest BCUT2D eigenvalue weighted by Crippen LogP contribution is 2.24. The minimum absolute atomic E-state index is 0.00324. The fraction of sp³-hybridized carbons (Fsp3) is 0.579. The first-order chi connectivity index (χ1) is 11.4. The molecule has 0 radical (unpaired) electrons. The van der Waals surface area contributed by atoms with Crippen molar-refractivity contribution in [1.29, 1.82) is 0 Å². The Balaban J connectivity index is 1.85. The fourth-order valence-electron chi connectivity index (χ4n) is 3.39. The molecule has 5 heteroatoms. The van der Waals surface area contributed by atoms with Gasteiger partial charge in [-0.25, -0.2) is 0 Å². The predicted molar refractivity (Wildman–Crippen MR) is 95.4 cm³/mol. The molecule has 0 aromatic heterocycles. The van der Waals surface area contributed by atoms with Gasteiger partial charge in [0.1, 0.15) is 0 Å². The molecular weight excluding hydrogens is 302 g/mol. The first-order valence-corrected chi connectivity index (χ1v) is 8.67. The van der Waals surface area contributed by atoms with Gasteiger partial charge in [-0.3, -0.25) is 14.5 Å². The predicted octanol–water partition coefficient (Wildman–Crippen LogP) is 1.70. The number of benzene rings is 1. The van der Waals surface area contributed by atoms with Crippen LogP contribution < -0.4 is 10.6 Å². The zero-order valence-electron chi connectivity index (χ0n) is 15.1. The molecule has 2 amide bonds. The van der Waals surface area contributed by atoms with Crippen molar-refractivity contribution >= 4 is 11.8 Å². The lowest BCUT2D eigenvalue weighted by Gasteiger charge is -2.22. The lowest BCUT2D eigenvalue weighted by Crippen LogP contribution is -2.41. The third-order valence-corrected chi connectivity index (χ3v) is 4.79. The van der Waals surface area contributed by atoms with Gasteiger partial charge in [0.05, 0.1) is 6.54 Å². The topological polar surface area (TPSA) is 61.4 Å². The number of hydrogen-bond donors (Lipinski definition) is 2. The zero-order valence-corrected chi connectivity index (χ0v) is 15.1. The Morgan fingerprint density at radius 1 is 1.25 bits per heavy atom. The SMILES string of the molecule is CC(=O)N[C@H]1CN(CC(=O)NCc2ccccc2C)C[C@@H]1C(C)C. The van der Waals surface area contributed by atoms with E-state index in [0.717, 1.165) is 18.7 Å². The van der Waals surface area contributed by atoms with Crippen LogP contribution in [0.2, 0.25) is 0 Å². The van der Waals surface area contributed by atoms with Crippen molar-refractivity contribution in [2.75, 3.05) is 19.6 Å². The summed E-state index contributed by atoms with van der Waals surface area (Å²) in [6.45, 7) is 10.5. The van der Waals surface area contributed by atoms with E-state index in [-0.39, 0.29) is 17.9 Å². The molecule has 1 heterocycles. The normalized spacial score (nSPS) is 21.0. The monoisotopic (exact) mass is 331 g/mol. The highest BCUT2D eigenvalue weighted by molar-refractivity contribution is 5.78. The number of carbonyl (C=O) groups excluding carboxylic acids is 2. The van der Waals surface area contributed by atoms with Crippen LogP contribution in [0.25, 0.3) is 0 Å². The molecule has 0 spiro atoms. The number of rotatable bonds is 6. The van der Waals surface area contributed by atoms with Crippen LogP contribution in [0.15, 0.2) is 24.3 Å². The molecule has 1 fully saturated rings. The molecule has 0 aliphatic carbocycles. The van der Waals surface area contributed by atoms with Crippen molar-refractivity contribution in [2.45, 2.75) is 40.3 Å². The van der Waals surface area contributed by atoms with Crippen molar-refractivity contribution in [3.63, 3.8) is 0 Å². The van der Waals surface area contributed by atoms with E-state index < -0.39 is 0 Å². The molecule has 1 aliphatic rings. The molecule has 2 rings (SSSR count). The Kier molecular flexibility index (Phi) is 6.37.